The highest BCUT2D eigenvalue weighted by atomic mass is 127. The molecule has 0 aromatic rings. The minimum atomic E-state index is -0.149. The highest BCUT2D eigenvalue weighted by Gasteiger charge is 2.24. The number of nitrogens with zero attached hydrogens (tertiary/aromatic N) is 2. The number of aliphatic imine (C=N–C) groups is 1. The summed E-state index contributed by atoms with van der Waals surface area (Å²) in [6.07, 6.45) is 4.79. The average Bonchev–Trinajstić information content (AvgIpc) is 3.27. The van der Waals surface area contributed by atoms with Crippen molar-refractivity contribution in [2.75, 3.05) is 33.2 Å². The van der Waals surface area contributed by atoms with E-state index in [0.717, 1.165) is 38.4 Å². The van der Waals surface area contributed by atoms with E-state index in [9.17, 15) is 4.79 Å². The number of carbonyl (C=O) groups excluding carboxylic acids is 1. The molecule has 1 amide bonds. The maximum atomic E-state index is 12.0. The van der Waals surface area contributed by atoms with E-state index in [-0.39, 0.29) is 35.4 Å². The van der Waals surface area contributed by atoms with Gasteiger partial charge in [-0.25, -0.2) is 0 Å². The van der Waals surface area contributed by atoms with E-state index >= 15 is 0 Å². The number of guanidine groups is 1. The van der Waals surface area contributed by atoms with Crippen molar-refractivity contribution in [2.24, 2.45) is 10.9 Å². The summed E-state index contributed by atoms with van der Waals surface area (Å²) in [4.78, 5) is 18.5. The van der Waals surface area contributed by atoms with E-state index in [2.05, 4.69) is 25.8 Å². The normalized spacial score (nSPS) is 20.2. The Bertz CT molecular complexity index is 423. The fourth-order valence-corrected chi connectivity index (χ4v) is 2.87. The molecule has 0 unspecified atom stereocenters. The van der Waals surface area contributed by atoms with Crippen molar-refractivity contribution >= 4 is 35.8 Å². The Labute approximate surface area is 163 Å². The molecule has 6 nitrogen and oxygen atoms in total. The van der Waals surface area contributed by atoms with Crippen LogP contribution in [0, 0.1) is 5.92 Å². The van der Waals surface area contributed by atoms with Gasteiger partial charge in [-0.2, -0.15) is 0 Å². The predicted octanol–water partition coefficient (Wildman–Crippen LogP) is 1.56. The van der Waals surface area contributed by atoms with E-state index in [1.165, 1.54) is 12.8 Å². The molecule has 2 aliphatic rings. The van der Waals surface area contributed by atoms with Crippen molar-refractivity contribution < 1.29 is 4.79 Å². The van der Waals surface area contributed by atoms with E-state index in [1.807, 2.05) is 27.8 Å². The molecular formula is C17H34IN5O. The Morgan fingerprint density at radius 3 is 2.29 bits per heavy atom. The van der Waals surface area contributed by atoms with Crippen LogP contribution >= 0.6 is 24.0 Å². The molecule has 1 saturated carbocycles. The predicted molar refractivity (Wildman–Crippen MR) is 110 cm³/mol. The molecule has 0 aromatic heterocycles. The molecule has 3 N–H and O–H groups in total. The molecule has 1 saturated heterocycles. The maximum absolute atomic E-state index is 12.0. The van der Waals surface area contributed by atoms with E-state index in [0.29, 0.717) is 18.5 Å². The molecule has 7 heteroatoms. The van der Waals surface area contributed by atoms with Crippen molar-refractivity contribution in [3.63, 3.8) is 0 Å². The molecule has 0 bridgehead atoms. The SMILES string of the molecule is CN=C(NCC1CCN(CC(=O)NC(C)(C)C)CC1)NC1CC1.I. The third-order valence-corrected chi connectivity index (χ3v) is 4.29. The van der Waals surface area contributed by atoms with Crippen LogP contribution in [0.2, 0.25) is 0 Å². The smallest absolute Gasteiger partial charge is 0.234 e. The van der Waals surface area contributed by atoms with Gasteiger partial charge in [0.2, 0.25) is 5.91 Å². The summed E-state index contributed by atoms with van der Waals surface area (Å²) in [5, 5.41) is 9.88. The van der Waals surface area contributed by atoms with Gasteiger partial charge < -0.3 is 16.0 Å². The second-order valence-electron chi connectivity index (χ2n) is 7.89. The zero-order valence-electron chi connectivity index (χ0n) is 15.5. The second kappa shape index (κ2) is 9.79. The first-order valence-electron chi connectivity index (χ1n) is 8.86. The first kappa shape index (κ1) is 21.5. The number of hydrogen-bond donors (Lipinski definition) is 3. The third kappa shape index (κ3) is 8.50. The van der Waals surface area contributed by atoms with Crippen molar-refractivity contribution in [3.8, 4) is 0 Å². The summed E-state index contributed by atoms with van der Waals surface area (Å²) in [6.45, 7) is 9.54. The summed E-state index contributed by atoms with van der Waals surface area (Å²) in [7, 11) is 1.83. The lowest BCUT2D eigenvalue weighted by Gasteiger charge is -2.32. The zero-order chi connectivity index (χ0) is 16.9. The van der Waals surface area contributed by atoms with Crippen molar-refractivity contribution in [1.29, 1.82) is 0 Å². The van der Waals surface area contributed by atoms with Crippen LogP contribution in [0.5, 0.6) is 0 Å². The second-order valence-corrected chi connectivity index (χ2v) is 7.89. The number of halogens is 1. The van der Waals surface area contributed by atoms with Crippen LogP contribution in [-0.4, -0.2) is 61.6 Å². The van der Waals surface area contributed by atoms with Crippen LogP contribution in [0.25, 0.3) is 0 Å². The van der Waals surface area contributed by atoms with E-state index in [4.69, 9.17) is 0 Å². The van der Waals surface area contributed by atoms with Crippen LogP contribution < -0.4 is 16.0 Å². The van der Waals surface area contributed by atoms with Crippen LogP contribution in [0.15, 0.2) is 4.99 Å². The zero-order valence-corrected chi connectivity index (χ0v) is 17.9. The number of piperidine rings is 1. The van der Waals surface area contributed by atoms with Crippen molar-refractivity contribution in [3.05, 3.63) is 0 Å². The fraction of sp³-hybridized carbons (Fsp3) is 0.882. The number of nitrogens with one attached hydrogen (secondary N) is 3. The van der Waals surface area contributed by atoms with Crippen LogP contribution in [-0.2, 0) is 4.79 Å². The maximum Gasteiger partial charge on any atom is 0.234 e. The van der Waals surface area contributed by atoms with Gasteiger partial charge in [-0.1, -0.05) is 0 Å². The monoisotopic (exact) mass is 451 g/mol. The lowest BCUT2D eigenvalue weighted by molar-refractivity contribution is -0.124. The molecule has 0 radical (unpaired) electrons. The van der Waals surface area contributed by atoms with Crippen LogP contribution in [0.4, 0.5) is 0 Å². The molecule has 0 aromatic carbocycles. The van der Waals surface area contributed by atoms with Gasteiger partial charge in [0.1, 0.15) is 0 Å². The Balaban J connectivity index is 0.00000288. The van der Waals surface area contributed by atoms with Gasteiger partial charge in [0.15, 0.2) is 5.96 Å². The minimum Gasteiger partial charge on any atom is -0.356 e. The molecule has 24 heavy (non-hydrogen) atoms. The van der Waals surface area contributed by atoms with Gasteiger partial charge in [0.25, 0.3) is 0 Å². The molecule has 1 aliphatic heterocycles. The summed E-state index contributed by atoms with van der Waals surface area (Å²) in [5.41, 5.74) is -0.149. The molecule has 140 valence electrons. The van der Waals surface area contributed by atoms with Gasteiger partial charge in [0, 0.05) is 25.2 Å². The summed E-state index contributed by atoms with van der Waals surface area (Å²) in [5.74, 6) is 1.72. The van der Waals surface area contributed by atoms with E-state index < -0.39 is 0 Å². The van der Waals surface area contributed by atoms with Gasteiger partial charge in [-0.3, -0.25) is 14.7 Å². The van der Waals surface area contributed by atoms with Crippen molar-refractivity contribution in [2.45, 2.75) is 58.0 Å². The summed E-state index contributed by atoms with van der Waals surface area (Å²) < 4.78 is 0. The largest absolute Gasteiger partial charge is 0.356 e. The first-order valence-corrected chi connectivity index (χ1v) is 8.86. The fourth-order valence-electron chi connectivity index (χ4n) is 2.87. The average molecular weight is 451 g/mol. The summed E-state index contributed by atoms with van der Waals surface area (Å²) in [6, 6.07) is 0.629. The number of likely N-dealkylation sites (tertiary alicyclic amines) is 1. The Morgan fingerprint density at radius 2 is 1.79 bits per heavy atom. The summed E-state index contributed by atoms with van der Waals surface area (Å²) >= 11 is 0. The molecule has 1 aliphatic carbocycles. The first-order chi connectivity index (χ1) is 10.9. The van der Waals surface area contributed by atoms with Gasteiger partial charge in [0.05, 0.1) is 6.54 Å². The highest BCUT2D eigenvalue weighted by molar-refractivity contribution is 14.0. The van der Waals surface area contributed by atoms with Crippen LogP contribution in [0.1, 0.15) is 46.5 Å². The lowest BCUT2D eigenvalue weighted by Crippen LogP contribution is -2.48. The lowest BCUT2D eigenvalue weighted by atomic mass is 9.97. The standard InChI is InChI=1S/C17H33N5O.HI/c1-17(2,3)21-15(23)12-22-9-7-13(8-10-22)11-19-16(18-4)20-14-5-6-14;/h13-14H,5-12H2,1-4H3,(H,21,23)(H2,18,19,20);1H. The quantitative estimate of drug-likeness (QED) is 0.337. The molecule has 0 spiro atoms. The molecule has 2 fully saturated rings. The molecular weight excluding hydrogens is 417 g/mol. The number of hydrogen-bond acceptors (Lipinski definition) is 3. The number of carbonyl (C=O) groups is 1. The van der Waals surface area contributed by atoms with E-state index in [1.54, 1.807) is 0 Å². The van der Waals surface area contributed by atoms with Gasteiger partial charge in [-0.15, -0.1) is 24.0 Å². The Morgan fingerprint density at radius 1 is 1.17 bits per heavy atom. The molecule has 1 heterocycles. The molecule has 0 atom stereocenters. The minimum absolute atomic E-state index is 0. The van der Waals surface area contributed by atoms with Crippen LogP contribution in [0.3, 0.4) is 0 Å². The molecule has 2 rings (SSSR count). The van der Waals surface area contributed by atoms with Gasteiger partial charge in [-0.05, 0) is 65.5 Å². The number of amides is 1. The van der Waals surface area contributed by atoms with Crippen molar-refractivity contribution in [1.82, 2.24) is 20.9 Å². The topological polar surface area (TPSA) is 68.8 Å². The van der Waals surface area contributed by atoms with Gasteiger partial charge >= 0.3 is 0 Å². The highest BCUT2D eigenvalue weighted by Crippen LogP contribution is 2.19. The number of rotatable bonds is 5. The Hall–Kier alpha value is -0.570. The Kier molecular flexibility index (Phi) is 8.76. The third-order valence-electron chi connectivity index (χ3n) is 4.29.